The number of sulfone groups is 1. The molecule has 0 saturated heterocycles. The summed E-state index contributed by atoms with van der Waals surface area (Å²) in [5.41, 5.74) is 1.03. The van der Waals surface area contributed by atoms with E-state index < -0.39 is 9.84 Å². The number of methoxy groups -OCH3 is 1. The molecule has 0 unspecified atom stereocenters. The molecule has 2 aromatic carbocycles. The van der Waals surface area contributed by atoms with Crippen LogP contribution in [0.5, 0.6) is 5.75 Å². The Hall–Kier alpha value is -2.54. The summed E-state index contributed by atoms with van der Waals surface area (Å²) in [6.45, 7) is 0.870. The van der Waals surface area contributed by atoms with E-state index >= 15 is 0 Å². The summed E-state index contributed by atoms with van der Waals surface area (Å²) in [4.78, 5) is 6.48. The van der Waals surface area contributed by atoms with Crippen LogP contribution in [0.2, 0.25) is 0 Å². The first-order valence-corrected chi connectivity index (χ1v) is 9.94. The van der Waals surface area contributed by atoms with E-state index in [1.165, 1.54) is 0 Å². The van der Waals surface area contributed by atoms with Gasteiger partial charge in [-0.1, -0.05) is 36.4 Å². The number of hydrogen-bond donors (Lipinski definition) is 1. The maximum absolute atomic E-state index is 12.3. The Kier molecular flexibility index (Phi) is 7.03. The largest absolute Gasteiger partial charge is 0.496 e. The molecular weight excluding hydrogens is 350 g/mol. The number of guanidine groups is 1. The molecule has 0 aromatic heterocycles. The van der Waals surface area contributed by atoms with Gasteiger partial charge >= 0.3 is 0 Å². The Morgan fingerprint density at radius 3 is 2.42 bits per heavy atom. The van der Waals surface area contributed by atoms with E-state index in [-0.39, 0.29) is 12.3 Å². The van der Waals surface area contributed by atoms with E-state index in [9.17, 15) is 8.42 Å². The van der Waals surface area contributed by atoms with Gasteiger partial charge in [0.2, 0.25) is 0 Å². The molecule has 0 fully saturated rings. The van der Waals surface area contributed by atoms with Crippen LogP contribution in [-0.2, 0) is 16.4 Å². The number of hydrogen-bond acceptors (Lipinski definition) is 4. The van der Waals surface area contributed by atoms with Crippen LogP contribution in [0, 0.1) is 0 Å². The predicted octanol–water partition coefficient (Wildman–Crippen LogP) is 2.18. The third-order valence-electron chi connectivity index (χ3n) is 3.93. The molecule has 0 radical (unpaired) electrons. The maximum Gasteiger partial charge on any atom is 0.193 e. The van der Waals surface area contributed by atoms with Gasteiger partial charge in [-0.05, 0) is 18.2 Å². The highest BCUT2D eigenvalue weighted by Crippen LogP contribution is 2.18. The van der Waals surface area contributed by atoms with Gasteiger partial charge in [-0.2, -0.15) is 0 Å². The second kappa shape index (κ2) is 9.24. The van der Waals surface area contributed by atoms with Crippen molar-refractivity contribution < 1.29 is 13.2 Å². The molecule has 0 aliphatic heterocycles. The van der Waals surface area contributed by atoms with Gasteiger partial charge < -0.3 is 15.0 Å². The molecular formula is C19H25N3O3S. The average molecular weight is 375 g/mol. The molecule has 0 saturated carbocycles. The lowest BCUT2D eigenvalue weighted by molar-refractivity contribution is 0.396. The summed E-state index contributed by atoms with van der Waals surface area (Å²) in [6.07, 6.45) is 0. The molecule has 2 aromatic rings. The number of rotatable bonds is 7. The molecule has 0 bridgehead atoms. The van der Waals surface area contributed by atoms with E-state index in [0.29, 0.717) is 17.4 Å². The Labute approximate surface area is 155 Å². The molecule has 0 heterocycles. The topological polar surface area (TPSA) is 71.0 Å². The van der Waals surface area contributed by atoms with E-state index in [1.807, 2.05) is 36.2 Å². The summed E-state index contributed by atoms with van der Waals surface area (Å²) in [6, 6.07) is 16.2. The molecule has 0 amide bonds. The van der Waals surface area contributed by atoms with Crippen molar-refractivity contribution in [3.63, 3.8) is 0 Å². The SMILES string of the molecule is CN=C(NCCS(=O)(=O)c1ccccc1)N(C)Cc1ccccc1OC. The van der Waals surface area contributed by atoms with E-state index in [2.05, 4.69) is 10.3 Å². The fraction of sp³-hybridized carbons (Fsp3) is 0.316. The first-order chi connectivity index (χ1) is 12.5. The molecule has 0 atom stereocenters. The average Bonchev–Trinajstić information content (AvgIpc) is 2.66. The van der Waals surface area contributed by atoms with Crippen molar-refractivity contribution in [2.45, 2.75) is 11.4 Å². The molecule has 2 rings (SSSR count). The molecule has 140 valence electrons. The van der Waals surface area contributed by atoms with Crippen molar-refractivity contribution in [2.75, 3.05) is 33.5 Å². The fourth-order valence-corrected chi connectivity index (χ4v) is 3.77. The highest BCUT2D eigenvalue weighted by molar-refractivity contribution is 7.91. The summed E-state index contributed by atoms with van der Waals surface area (Å²) in [7, 11) is 1.89. The number of aliphatic imine (C=N–C) groups is 1. The van der Waals surface area contributed by atoms with Crippen molar-refractivity contribution in [1.29, 1.82) is 0 Å². The third kappa shape index (κ3) is 5.23. The second-order valence-corrected chi connectivity index (χ2v) is 7.88. The van der Waals surface area contributed by atoms with Crippen molar-refractivity contribution in [2.24, 2.45) is 4.99 Å². The van der Waals surface area contributed by atoms with E-state index in [4.69, 9.17) is 4.74 Å². The van der Waals surface area contributed by atoms with Crippen LogP contribution in [0.4, 0.5) is 0 Å². The van der Waals surface area contributed by atoms with Crippen LogP contribution in [0.1, 0.15) is 5.56 Å². The van der Waals surface area contributed by atoms with Crippen LogP contribution in [0.25, 0.3) is 0 Å². The molecule has 1 N–H and O–H groups in total. The van der Waals surface area contributed by atoms with Crippen molar-refractivity contribution in [3.05, 3.63) is 60.2 Å². The van der Waals surface area contributed by atoms with Gasteiger partial charge in [-0.3, -0.25) is 4.99 Å². The first kappa shape index (κ1) is 19.8. The standard InChI is InChI=1S/C19H25N3O3S/c1-20-19(22(2)15-16-9-7-8-12-18(16)25-3)21-13-14-26(23,24)17-10-5-4-6-11-17/h4-12H,13-15H2,1-3H3,(H,20,21). The monoisotopic (exact) mass is 375 g/mol. The first-order valence-electron chi connectivity index (χ1n) is 8.29. The van der Waals surface area contributed by atoms with E-state index in [1.54, 1.807) is 44.5 Å². The minimum absolute atomic E-state index is 0.00146. The van der Waals surface area contributed by atoms with Gasteiger partial charge in [-0.25, -0.2) is 8.42 Å². The lowest BCUT2D eigenvalue weighted by Gasteiger charge is -2.23. The molecule has 6 nitrogen and oxygen atoms in total. The molecule has 26 heavy (non-hydrogen) atoms. The van der Waals surface area contributed by atoms with Gasteiger partial charge in [0.1, 0.15) is 5.75 Å². The van der Waals surface area contributed by atoms with Crippen molar-refractivity contribution in [1.82, 2.24) is 10.2 Å². The number of nitrogens with one attached hydrogen (secondary N) is 1. The predicted molar refractivity (Wildman–Crippen MR) is 104 cm³/mol. The van der Waals surface area contributed by atoms with Crippen LogP contribution in [-0.4, -0.2) is 52.8 Å². The minimum atomic E-state index is -3.32. The van der Waals surface area contributed by atoms with Gasteiger partial charge in [0.25, 0.3) is 0 Å². The van der Waals surface area contributed by atoms with Gasteiger partial charge in [0, 0.05) is 32.7 Å². The molecule has 0 aliphatic rings. The second-order valence-electron chi connectivity index (χ2n) is 5.77. The van der Waals surface area contributed by atoms with Crippen molar-refractivity contribution >= 4 is 15.8 Å². The summed E-state index contributed by atoms with van der Waals surface area (Å²) in [5.74, 6) is 1.43. The van der Waals surface area contributed by atoms with Crippen LogP contribution >= 0.6 is 0 Å². The zero-order valence-corrected chi connectivity index (χ0v) is 16.2. The summed E-state index contributed by atoms with van der Waals surface area (Å²) < 4.78 is 30.0. The number of ether oxygens (including phenoxy) is 1. The minimum Gasteiger partial charge on any atom is -0.496 e. The molecule has 7 heteroatoms. The van der Waals surface area contributed by atoms with Crippen LogP contribution in [0.3, 0.4) is 0 Å². The zero-order chi connectivity index (χ0) is 19.0. The quantitative estimate of drug-likeness (QED) is 0.593. The maximum atomic E-state index is 12.3. The number of nitrogens with zero attached hydrogens (tertiary/aromatic N) is 2. The zero-order valence-electron chi connectivity index (χ0n) is 15.3. The van der Waals surface area contributed by atoms with Crippen molar-refractivity contribution in [3.8, 4) is 5.75 Å². The fourth-order valence-electron chi connectivity index (χ4n) is 2.59. The smallest absolute Gasteiger partial charge is 0.193 e. The molecule has 0 spiro atoms. The highest BCUT2D eigenvalue weighted by atomic mass is 32.2. The Bertz CT molecular complexity index is 836. The Balaban J connectivity index is 1.95. The number of benzene rings is 2. The Morgan fingerprint density at radius 2 is 1.77 bits per heavy atom. The van der Waals surface area contributed by atoms with Gasteiger partial charge in [0.15, 0.2) is 15.8 Å². The van der Waals surface area contributed by atoms with E-state index in [0.717, 1.165) is 11.3 Å². The van der Waals surface area contributed by atoms with Crippen LogP contribution in [0.15, 0.2) is 64.5 Å². The third-order valence-corrected chi connectivity index (χ3v) is 5.66. The summed E-state index contributed by atoms with van der Waals surface area (Å²) in [5, 5.41) is 3.11. The highest BCUT2D eigenvalue weighted by Gasteiger charge is 2.15. The van der Waals surface area contributed by atoms with Crippen LogP contribution < -0.4 is 10.1 Å². The normalized spacial score (nSPS) is 11.9. The lowest BCUT2D eigenvalue weighted by atomic mass is 10.2. The van der Waals surface area contributed by atoms with Gasteiger partial charge in [-0.15, -0.1) is 0 Å². The lowest BCUT2D eigenvalue weighted by Crippen LogP contribution is -2.40. The molecule has 0 aliphatic carbocycles. The Morgan fingerprint density at radius 1 is 1.12 bits per heavy atom. The number of para-hydroxylation sites is 1. The summed E-state index contributed by atoms with van der Waals surface area (Å²) >= 11 is 0. The van der Waals surface area contributed by atoms with Gasteiger partial charge in [0.05, 0.1) is 17.8 Å².